The molecule has 3 rings (SSSR count). The van der Waals surface area contributed by atoms with Crippen molar-refractivity contribution in [2.24, 2.45) is 0 Å². The summed E-state index contributed by atoms with van der Waals surface area (Å²) in [6.45, 7) is 1.26. The fourth-order valence-electron chi connectivity index (χ4n) is 2.40. The van der Waals surface area contributed by atoms with Crippen molar-refractivity contribution < 1.29 is 9.53 Å². The number of hydrogen-bond donors (Lipinski definition) is 1. The number of nitrogens with one attached hydrogen (secondary N) is 1. The molecule has 2 heterocycles. The van der Waals surface area contributed by atoms with E-state index < -0.39 is 0 Å². The second-order valence-corrected chi connectivity index (χ2v) is 5.47. The van der Waals surface area contributed by atoms with Gasteiger partial charge in [0.2, 0.25) is 5.91 Å². The summed E-state index contributed by atoms with van der Waals surface area (Å²) in [5.74, 6) is 0.278. The summed E-state index contributed by atoms with van der Waals surface area (Å²) in [7, 11) is 0. The van der Waals surface area contributed by atoms with Crippen molar-refractivity contribution in [2.45, 2.75) is 44.2 Å². The highest BCUT2D eigenvalue weighted by Gasteiger charge is 2.25. The van der Waals surface area contributed by atoms with Gasteiger partial charge in [0.1, 0.15) is 6.54 Å². The number of carbonyl (C=O) groups is 1. The van der Waals surface area contributed by atoms with E-state index in [1.165, 1.54) is 10.7 Å². The summed E-state index contributed by atoms with van der Waals surface area (Å²) in [5, 5.41) is 7.07. The van der Waals surface area contributed by atoms with Crippen LogP contribution >= 0.6 is 0 Å². The van der Waals surface area contributed by atoms with Gasteiger partial charge in [-0.3, -0.25) is 9.59 Å². The summed E-state index contributed by atoms with van der Waals surface area (Å²) in [5.41, 5.74) is 0.679. The van der Waals surface area contributed by atoms with Crippen LogP contribution in [-0.2, 0) is 16.1 Å². The number of aromatic nitrogens is 2. The van der Waals surface area contributed by atoms with Crippen molar-refractivity contribution in [1.82, 2.24) is 15.1 Å². The van der Waals surface area contributed by atoms with Gasteiger partial charge in [0, 0.05) is 25.1 Å². The number of nitrogens with zero attached hydrogens (tertiary/aromatic N) is 2. The Morgan fingerprint density at radius 2 is 2.25 bits per heavy atom. The number of hydrogen-bond acceptors (Lipinski definition) is 4. The second-order valence-electron chi connectivity index (χ2n) is 5.47. The molecule has 1 unspecified atom stereocenters. The van der Waals surface area contributed by atoms with Crippen LogP contribution < -0.4 is 10.9 Å². The number of rotatable bonds is 5. The van der Waals surface area contributed by atoms with E-state index >= 15 is 0 Å². The molecule has 6 heteroatoms. The lowest BCUT2D eigenvalue weighted by atomic mass is 10.2. The second kappa shape index (κ2) is 5.75. The molecule has 2 aliphatic rings. The maximum absolute atomic E-state index is 11.9. The van der Waals surface area contributed by atoms with Crippen LogP contribution in [0.25, 0.3) is 0 Å². The zero-order valence-corrected chi connectivity index (χ0v) is 11.4. The molecule has 2 fully saturated rings. The summed E-state index contributed by atoms with van der Waals surface area (Å²) in [6.07, 6.45) is 4.38. The van der Waals surface area contributed by atoms with E-state index in [0.717, 1.165) is 38.0 Å². The Bertz CT molecular complexity index is 545. The van der Waals surface area contributed by atoms with Gasteiger partial charge in [0.05, 0.1) is 11.8 Å². The van der Waals surface area contributed by atoms with Crippen LogP contribution in [0.2, 0.25) is 0 Å². The van der Waals surface area contributed by atoms with Crippen molar-refractivity contribution in [2.75, 3.05) is 13.2 Å². The molecule has 0 bridgehead atoms. The zero-order valence-electron chi connectivity index (χ0n) is 11.4. The largest absolute Gasteiger partial charge is 0.376 e. The van der Waals surface area contributed by atoms with E-state index in [-0.39, 0.29) is 24.1 Å². The maximum Gasteiger partial charge on any atom is 0.267 e. The van der Waals surface area contributed by atoms with Crippen molar-refractivity contribution in [3.63, 3.8) is 0 Å². The Labute approximate surface area is 117 Å². The molecule has 1 aromatic rings. The van der Waals surface area contributed by atoms with E-state index in [2.05, 4.69) is 10.4 Å². The van der Waals surface area contributed by atoms with Crippen LogP contribution in [0.1, 0.15) is 37.3 Å². The Morgan fingerprint density at radius 3 is 2.95 bits per heavy atom. The lowest BCUT2D eigenvalue weighted by Gasteiger charge is -2.11. The highest BCUT2D eigenvalue weighted by Crippen LogP contribution is 2.38. The minimum Gasteiger partial charge on any atom is -0.376 e. The standard InChI is InChI=1S/C14H19N3O3/c18-13(15-8-11-2-1-7-20-11)9-17-14(19)6-5-12(16-17)10-3-4-10/h5-6,10-11H,1-4,7-9H2,(H,15,18). The highest BCUT2D eigenvalue weighted by atomic mass is 16.5. The van der Waals surface area contributed by atoms with E-state index in [1.807, 2.05) is 0 Å². The third kappa shape index (κ3) is 3.25. The Balaban J connectivity index is 1.57. The van der Waals surface area contributed by atoms with Crippen LogP contribution in [0.3, 0.4) is 0 Å². The SMILES string of the molecule is O=C(Cn1nc(C2CC2)ccc1=O)NCC1CCCO1. The van der Waals surface area contributed by atoms with Gasteiger partial charge in [0.15, 0.2) is 0 Å². The Hall–Kier alpha value is -1.69. The average Bonchev–Trinajstić information content (AvgIpc) is 3.15. The third-order valence-corrected chi connectivity index (χ3v) is 3.73. The van der Waals surface area contributed by atoms with Gasteiger partial charge < -0.3 is 10.1 Å². The first-order chi connectivity index (χ1) is 9.72. The molecule has 1 amide bonds. The fraction of sp³-hybridized carbons (Fsp3) is 0.643. The number of carbonyl (C=O) groups excluding carboxylic acids is 1. The van der Waals surface area contributed by atoms with Gasteiger partial charge >= 0.3 is 0 Å². The van der Waals surface area contributed by atoms with E-state index in [0.29, 0.717) is 12.5 Å². The molecule has 1 saturated heterocycles. The molecular formula is C14H19N3O3. The Morgan fingerprint density at radius 1 is 1.40 bits per heavy atom. The van der Waals surface area contributed by atoms with Gasteiger partial charge in [-0.2, -0.15) is 5.10 Å². The molecule has 0 aromatic carbocycles. The average molecular weight is 277 g/mol. The van der Waals surface area contributed by atoms with Crippen LogP contribution in [0.4, 0.5) is 0 Å². The molecule has 1 aliphatic heterocycles. The van der Waals surface area contributed by atoms with Crippen LogP contribution in [0.5, 0.6) is 0 Å². The molecule has 1 aromatic heterocycles. The first-order valence-corrected chi connectivity index (χ1v) is 7.19. The molecule has 1 N–H and O–H groups in total. The predicted molar refractivity (Wildman–Crippen MR) is 72.5 cm³/mol. The minimum absolute atomic E-state index is 0.0217. The number of amides is 1. The predicted octanol–water partition coefficient (Wildman–Crippen LogP) is 0.416. The van der Waals surface area contributed by atoms with Gasteiger partial charge in [0.25, 0.3) is 5.56 Å². The summed E-state index contributed by atoms with van der Waals surface area (Å²) in [6, 6.07) is 3.26. The molecule has 1 atom stereocenters. The third-order valence-electron chi connectivity index (χ3n) is 3.73. The number of ether oxygens (including phenoxy) is 1. The lowest BCUT2D eigenvalue weighted by molar-refractivity contribution is -0.122. The van der Waals surface area contributed by atoms with E-state index in [9.17, 15) is 9.59 Å². The van der Waals surface area contributed by atoms with Crippen molar-refractivity contribution in [3.05, 3.63) is 28.2 Å². The lowest BCUT2D eigenvalue weighted by Crippen LogP contribution is -2.37. The van der Waals surface area contributed by atoms with Crippen LogP contribution in [-0.4, -0.2) is 34.9 Å². The quantitative estimate of drug-likeness (QED) is 0.846. The highest BCUT2D eigenvalue weighted by molar-refractivity contribution is 5.75. The van der Waals surface area contributed by atoms with Crippen LogP contribution in [0, 0.1) is 0 Å². The molecule has 1 aliphatic carbocycles. The van der Waals surface area contributed by atoms with Gasteiger partial charge in [-0.05, 0) is 31.7 Å². The molecule has 1 saturated carbocycles. The zero-order chi connectivity index (χ0) is 13.9. The van der Waals surface area contributed by atoms with Gasteiger partial charge in [-0.1, -0.05) is 0 Å². The van der Waals surface area contributed by atoms with Crippen molar-refractivity contribution in [3.8, 4) is 0 Å². The fourth-order valence-corrected chi connectivity index (χ4v) is 2.40. The monoisotopic (exact) mass is 277 g/mol. The topological polar surface area (TPSA) is 73.2 Å². The minimum atomic E-state index is -0.235. The first-order valence-electron chi connectivity index (χ1n) is 7.19. The van der Waals surface area contributed by atoms with Gasteiger partial charge in [-0.15, -0.1) is 0 Å². The molecular weight excluding hydrogens is 258 g/mol. The van der Waals surface area contributed by atoms with Gasteiger partial charge in [-0.25, -0.2) is 4.68 Å². The Kier molecular flexibility index (Phi) is 3.82. The summed E-state index contributed by atoms with van der Waals surface area (Å²) < 4.78 is 6.69. The molecule has 0 radical (unpaired) electrons. The van der Waals surface area contributed by atoms with E-state index in [4.69, 9.17) is 4.74 Å². The molecule has 6 nitrogen and oxygen atoms in total. The van der Waals surface area contributed by atoms with Crippen molar-refractivity contribution >= 4 is 5.91 Å². The van der Waals surface area contributed by atoms with E-state index in [1.54, 1.807) is 6.07 Å². The normalized spacial score (nSPS) is 21.9. The van der Waals surface area contributed by atoms with Crippen molar-refractivity contribution in [1.29, 1.82) is 0 Å². The smallest absolute Gasteiger partial charge is 0.267 e. The molecule has 0 spiro atoms. The summed E-state index contributed by atoms with van der Waals surface area (Å²) >= 11 is 0. The molecule has 20 heavy (non-hydrogen) atoms. The summed E-state index contributed by atoms with van der Waals surface area (Å²) in [4.78, 5) is 23.6. The molecule has 108 valence electrons. The first kappa shape index (κ1) is 13.3. The van der Waals surface area contributed by atoms with Crippen LogP contribution in [0.15, 0.2) is 16.9 Å². The maximum atomic E-state index is 11.9.